The van der Waals surface area contributed by atoms with Crippen LogP contribution in [0.25, 0.3) is 0 Å². The van der Waals surface area contributed by atoms with E-state index in [1.54, 1.807) is 0 Å². The first-order chi connectivity index (χ1) is 7.16. The highest BCUT2D eigenvalue weighted by Gasteiger charge is 2.28. The first-order valence-corrected chi connectivity index (χ1v) is 6.44. The van der Waals surface area contributed by atoms with E-state index in [4.69, 9.17) is 4.74 Å². The Kier molecular flexibility index (Phi) is 3.47. The Bertz CT molecular complexity index is 320. The van der Waals surface area contributed by atoms with Crippen LogP contribution in [0.3, 0.4) is 0 Å². The Labute approximate surface area is 100.0 Å². The number of hydrogen-bond donors (Lipinski definition) is 0. The lowest BCUT2D eigenvalue weighted by Gasteiger charge is -2.18. The molecule has 15 heavy (non-hydrogen) atoms. The van der Waals surface area contributed by atoms with Crippen molar-refractivity contribution in [3.8, 4) is 0 Å². The number of aryl methyl sites for hydroxylation is 1. The number of halogens is 1. The summed E-state index contributed by atoms with van der Waals surface area (Å²) in [4.78, 5) is 0.336. The van der Waals surface area contributed by atoms with Gasteiger partial charge in [0.25, 0.3) is 0 Å². The monoisotopic (exact) mass is 268 g/mol. The molecule has 1 aromatic rings. The van der Waals surface area contributed by atoms with Crippen molar-refractivity contribution >= 4 is 15.9 Å². The Hall–Kier alpha value is -0.340. The number of hydrogen-bond acceptors (Lipinski definition) is 1. The molecule has 1 saturated heterocycles. The Morgan fingerprint density at radius 2 is 1.93 bits per heavy atom. The van der Waals surface area contributed by atoms with Gasteiger partial charge in [0.2, 0.25) is 0 Å². The van der Waals surface area contributed by atoms with Gasteiger partial charge >= 0.3 is 0 Å². The summed E-state index contributed by atoms with van der Waals surface area (Å²) < 4.78 is 5.86. The zero-order valence-electron chi connectivity index (χ0n) is 9.24. The fourth-order valence-electron chi connectivity index (χ4n) is 2.01. The number of alkyl halides is 1. The smallest absolute Gasteiger partial charge is 0.0745 e. The summed E-state index contributed by atoms with van der Waals surface area (Å²) in [6.07, 6.45) is 3.09. The van der Waals surface area contributed by atoms with Crippen molar-refractivity contribution in [1.29, 1.82) is 0 Å². The fourth-order valence-corrected chi connectivity index (χ4v) is 2.71. The highest BCUT2D eigenvalue weighted by atomic mass is 79.9. The molecular weight excluding hydrogens is 252 g/mol. The fraction of sp³-hybridized carbons (Fsp3) is 0.538. The molecular formula is C13H17BrO. The summed E-state index contributed by atoms with van der Waals surface area (Å²) in [7, 11) is 0. The standard InChI is InChI=1S/C13H17BrO/c1-9-3-6-11(7-4-9)13(14)12-8-5-10(2)15-12/h3-4,6-7,10,12-13H,5,8H2,1-2H3. The average molecular weight is 269 g/mol. The highest BCUT2D eigenvalue weighted by molar-refractivity contribution is 9.09. The molecule has 0 radical (unpaired) electrons. The van der Waals surface area contributed by atoms with E-state index in [1.165, 1.54) is 17.5 Å². The second-order valence-corrected chi connectivity index (χ2v) is 5.36. The molecule has 1 aromatic carbocycles. The molecule has 3 unspecified atom stereocenters. The molecule has 0 bridgehead atoms. The minimum atomic E-state index is 0.336. The quantitative estimate of drug-likeness (QED) is 0.737. The van der Waals surface area contributed by atoms with Crippen molar-refractivity contribution in [2.45, 2.75) is 43.7 Å². The van der Waals surface area contributed by atoms with Gasteiger partial charge < -0.3 is 4.74 Å². The van der Waals surface area contributed by atoms with Crippen molar-refractivity contribution in [1.82, 2.24) is 0 Å². The van der Waals surface area contributed by atoms with Crippen LogP contribution >= 0.6 is 15.9 Å². The molecule has 0 saturated carbocycles. The van der Waals surface area contributed by atoms with Crippen LogP contribution in [-0.2, 0) is 4.74 Å². The third-order valence-electron chi connectivity index (χ3n) is 2.99. The van der Waals surface area contributed by atoms with Gasteiger partial charge in [-0.25, -0.2) is 0 Å². The maximum atomic E-state index is 5.86. The van der Waals surface area contributed by atoms with Crippen LogP contribution in [0.4, 0.5) is 0 Å². The minimum Gasteiger partial charge on any atom is -0.374 e. The molecule has 0 amide bonds. The highest BCUT2D eigenvalue weighted by Crippen LogP contribution is 2.35. The normalized spacial score (nSPS) is 27.9. The van der Waals surface area contributed by atoms with Gasteiger partial charge in [-0.1, -0.05) is 45.8 Å². The van der Waals surface area contributed by atoms with Gasteiger partial charge in [0.1, 0.15) is 0 Å². The van der Waals surface area contributed by atoms with E-state index in [0.717, 1.165) is 6.42 Å². The SMILES string of the molecule is Cc1ccc(C(Br)C2CCC(C)O2)cc1. The number of benzene rings is 1. The van der Waals surface area contributed by atoms with E-state index < -0.39 is 0 Å². The maximum absolute atomic E-state index is 5.86. The summed E-state index contributed by atoms with van der Waals surface area (Å²) in [5, 5.41) is 0. The van der Waals surface area contributed by atoms with Crippen LogP contribution in [0.15, 0.2) is 24.3 Å². The van der Waals surface area contributed by atoms with Crippen LogP contribution in [0.5, 0.6) is 0 Å². The topological polar surface area (TPSA) is 9.23 Å². The second kappa shape index (κ2) is 4.67. The largest absolute Gasteiger partial charge is 0.374 e. The Morgan fingerprint density at radius 3 is 2.47 bits per heavy atom. The van der Waals surface area contributed by atoms with Gasteiger partial charge in [0, 0.05) is 0 Å². The molecule has 2 heteroatoms. The van der Waals surface area contributed by atoms with Crippen molar-refractivity contribution in [3.63, 3.8) is 0 Å². The lowest BCUT2D eigenvalue weighted by atomic mass is 10.0. The third kappa shape index (κ3) is 2.61. The number of rotatable bonds is 2. The zero-order valence-corrected chi connectivity index (χ0v) is 10.8. The van der Waals surface area contributed by atoms with E-state index in [1.807, 2.05) is 0 Å². The van der Waals surface area contributed by atoms with Gasteiger partial charge in [0.05, 0.1) is 17.0 Å². The van der Waals surface area contributed by atoms with Crippen LogP contribution in [0.2, 0.25) is 0 Å². The van der Waals surface area contributed by atoms with Gasteiger partial charge in [-0.2, -0.15) is 0 Å². The molecule has 2 rings (SSSR count). The molecule has 1 aliphatic rings. The molecule has 0 N–H and O–H groups in total. The van der Waals surface area contributed by atoms with Crippen molar-refractivity contribution < 1.29 is 4.74 Å². The first-order valence-electron chi connectivity index (χ1n) is 5.53. The summed E-state index contributed by atoms with van der Waals surface area (Å²) in [5.74, 6) is 0. The summed E-state index contributed by atoms with van der Waals surface area (Å²) in [6.45, 7) is 4.26. The summed E-state index contributed by atoms with van der Waals surface area (Å²) in [5.41, 5.74) is 2.62. The summed E-state index contributed by atoms with van der Waals surface area (Å²) >= 11 is 3.74. The van der Waals surface area contributed by atoms with E-state index in [0.29, 0.717) is 17.0 Å². The Balaban J connectivity index is 2.07. The summed E-state index contributed by atoms with van der Waals surface area (Å²) in [6, 6.07) is 8.67. The van der Waals surface area contributed by atoms with Gasteiger partial charge in [-0.15, -0.1) is 0 Å². The second-order valence-electron chi connectivity index (χ2n) is 4.37. The van der Waals surface area contributed by atoms with E-state index in [2.05, 4.69) is 54.0 Å². The van der Waals surface area contributed by atoms with Gasteiger partial charge in [-0.3, -0.25) is 0 Å². The predicted octanol–water partition coefficient (Wildman–Crippen LogP) is 4.00. The van der Waals surface area contributed by atoms with E-state index in [9.17, 15) is 0 Å². The maximum Gasteiger partial charge on any atom is 0.0745 e. The third-order valence-corrected chi connectivity index (χ3v) is 4.11. The average Bonchev–Trinajstić information content (AvgIpc) is 2.65. The molecule has 0 spiro atoms. The van der Waals surface area contributed by atoms with Gasteiger partial charge in [-0.05, 0) is 32.3 Å². The first kappa shape index (κ1) is 11.2. The van der Waals surface area contributed by atoms with Crippen LogP contribution < -0.4 is 0 Å². The predicted molar refractivity (Wildman–Crippen MR) is 66.4 cm³/mol. The lowest BCUT2D eigenvalue weighted by molar-refractivity contribution is 0.0557. The van der Waals surface area contributed by atoms with Crippen LogP contribution in [0.1, 0.15) is 35.7 Å². The molecule has 1 heterocycles. The molecule has 1 aliphatic heterocycles. The zero-order chi connectivity index (χ0) is 10.8. The molecule has 82 valence electrons. The minimum absolute atomic E-state index is 0.336. The molecule has 1 nitrogen and oxygen atoms in total. The molecule has 1 fully saturated rings. The van der Waals surface area contributed by atoms with Crippen LogP contribution in [0, 0.1) is 6.92 Å². The van der Waals surface area contributed by atoms with Crippen molar-refractivity contribution in [2.75, 3.05) is 0 Å². The molecule has 0 aromatic heterocycles. The van der Waals surface area contributed by atoms with E-state index in [-0.39, 0.29) is 0 Å². The van der Waals surface area contributed by atoms with Crippen molar-refractivity contribution in [3.05, 3.63) is 35.4 Å². The van der Waals surface area contributed by atoms with Crippen LogP contribution in [-0.4, -0.2) is 12.2 Å². The van der Waals surface area contributed by atoms with Gasteiger partial charge in [0.15, 0.2) is 0 Å². The molecule has 3 atom stereocenters. The Morgan fingerprint density at radius 1 is 1.27 bits per heavy atom. The number of ether oxygens (including phenoxy) is 1. The van der Waals surface area contributed by atoms with Crippen molar-refractivity contribution in [2.24, 2.45) is 0 Å². The van der Waals surface area contributed by atoms with E-state index >= 15 is 0 Å². The molecule has 0 aliphatic carbocycles. The lowest BCUT2D eigenvalue weighted by Crippen LogP contribution is -2.14.